The number of likely N-dealkylation sites (N-methyl/N-ethyl adjacent to an activating group) is 1. The molecule has 0 radical (unpaired) electrons. The van der Waals surface area contributed by atoms with E-state index < -0.39 is 0 Å². The van der Waals surface area contributed by atoms with E-state index in [0.717, 1.165) is 21.5 Å². The Labute approximate surface area is 154 Å². The SMILES string of the molecule is COc1ccc(/C=C2/C(=O)N(c3ccccc3)C(=S)N2C)cc1Br. The molecule has 1 amide bonds. The fourth-order valence-corrected chi connectivity index (χ4v) is 3.34. The summed E-state index contributed by atoms with van der Waals surface area (Å²) in [6, 6.07) is 15.1. The van der Waals surface area contributed by atoms with Crippen LogP contribution in [0.3, 0.4) is 0 Å². The molecule has 0 aromatic heterocycles. The molecule has 3 rings (SSSR count). The number of carbonyl (C=O) groups is 1. The van der Waals surface area contributed by atoms with Crippen LogP contribution in [0.1, 0.15) is 5.56 Å². The maximum absolute atomic E-state index is 12.8. The number of hydrogen-bond acceptors (Lipinski definition) is 3. The molecule has 2 aromatic rings. The molecular weight excluding hydrogens is 388 g/mol. The van der Waals surface area contributed by atoms with E-state index in [0.29, 0.717) is 10.8 Å². The van der Waals surface area contributed by atoms with E-state index in [2.05, 4.69) is 15.9 Å². The van der Waals surface area contributed by atoms with E-state index in [4.69, 9.17) is 17.0 Å². The van der Waals surface area contributed by atoms with Crippen molar-refractivity contribution in [3.63, 3.8) is 0 Å². The summed E-state index contributed by atoms with van der Waals surface area (Å²) in [6.45, 7) is 0. The van der Waals surface area contributed by atoms with Crippen molar-refractivity contribution in [2.75, 3.05) is 19.1 Å². The number of ether oxygens (including phenoxy) is 1. The molecule has 2 aromatic carbocycles. The first kappa shape index (κ1) is 16.7. The Bertz CT molecular complexity index is 836. The van der Waals surface area contributed by atoms with Crippen LogP contribution in [0.5, 0.6) is 5.75 Å². The molecule has 0 unspecified atom stereocenters. The molecule has 0 N–H and O–H groups in total. The molecular formula is C18H15BrN2O2S. The van der Waals surface area contributed by atoms with Crippen LogP contribution in [-0.2, 0) is 4.79 Å². The van der Waals surface area contributed by atoms with Gasteiger partial charge in [0.2, 0.25) is 0 Å². The summed E-state index contributed by atoms with van der Waals surface area (Å²) in [7, 11) is 3.41. The smallest absolute Gasteiger partial charge is 0.281 e. The number of anilines is 1. The summed E-state index contributed by atoms with van der Waals surface area (Å²) in [5, 5.41) is 0.463. The Morgan fingerprint density at radius 3 is 2.50 bits per heavy atom. The Hall–Kier alpha value is -2.18. The molecule has 1 saturated heterocycles. The summed E-state index contributed by atoms with van der Waals surface area (Å²) in [4.78, 5) is 16.1. The molecule has 1 fully saturated rings. The molecule has 1 heterocycles. The molecule has 6 heteroatoms. The van der Waals surface area contributed by atoms with Crippen molar-refractivity contribution in [3.8, 4) is 5.75 Å². The topological polar surface area (TPSA) is 32.8 Å². The van der Waals surface area contributed by atoms with Gasteiger partial charge in [0.25, 0.3) is 5.91 Å². The largest absolute Gasteiger partial charge is 0.496 e. The number of para-hydroxylation sites is 1. The van der Waals surface area contributed by atoms with Crippen molar-refractivity contribution in [1.29, 1.82) is 0 Å². The van der Waals surface area contributed by atoms with Crippen LogP contribution in [0.25, 0.3) is 6.08 Å². The Kier molecular flexibility index (Phi) is 4.69. The predicted molar refractivity (Wildman–Crippen MR) is 103 cm³/mol. The van der Waals surface area contributed by atoms with E-state index in [1.165, 1.54) is 0 Å². The normalized spacial score (nSPS) is 16.2. The van der Waals surface area contributed by atoms with Gasteiger partial charge in [-0.15, -0.1) is 0 Å². The maximum atomic E-state index is 12.8. The number of thiocarbonyl (C=S) groups is 1. The second kappa shape index (κ2) is 6.75. The van der Waals surface area contributed by atoms with Gasteiger partial charge in [-0.3, -0.25) is 9.69 Å². The number of benzene rings is 2. The minimum Gasteiger partial charge on any atom is -0.496 e. The van der Waals surface area contributed by atoms with Crippen molar-refractivity contribution in [2.24, 2.45) is 0 Å². The lowest BCUT2D eigenvalue weighted by Crippen LogP contribution is -2.30. The van der Waals surface area contributed by atoms with Crippen LogP contribution < -0.4 is 9.64 Å². The van der Waals surface area contributed by atoms with Crippen LogP contribution in [-0.4, -0.2) is 30.1 Å². The molecule has 1 aliphatic rings. The zero-order chi connectivity index (χ0) is 17.3. The molecule has 24 heavy (non-hydrogen) atoms. The van der Waals surface area contributed by atoms with Gasteiger partial charge < -0.3 is 9.64 Å². The molecule has 0 spiro atoms. The van der Waals surface area contributed by atoms with Gasteiger partial charge in [-0.2, -0.15) is 0 Å². The standard InChI is InChI=1S/C18H15BrN2O2S/c1-20-15(11-12-8-9-16(23-2)14(19)10-12)17(22)21(18(20)24)13-6-4-3-5-7-13/h3-11H,1-2H3/b15-11-. The summed E-state index contributed by atoms with van der Waals surface area (Å²) >= 11 is 8.90. The fraction of sp³-hybridized carbons (Fsp3) is 0.111. The van der Waals surface area contributed by atoms with Crippen LogP contribution in [0.15, 0.2) is 58.7 Å². The van der Waals surface area contributed by atoms with Crippen LogP contribution in [0, 0.1) is 0 Å². The van der Waals surface area contributed by atoms with E-state index in [1.54, 1.807) is 24.0 Å². The number of rotatable bonds is 3. The summed E-state index contributed by atoms with van der Waals surface area (Å²) in [5.74, 6) is 0.602. The van der Waals surface area contributed by atoms with E-state index in [9.17, 15) is 4.79 Å². The lowest BCUT2D eigenvalue weighted by atomic mass is 10.1. The predicted octanol–water partition coefficient (Wildman–Crippen LogP) is 4.06. The highest BCUT2D eigenvalue weighted by Crippen LogP contribution is 2.30. The number of nitrogens with zero attached hydrogens (tertiary/aromatic N) is 2. The maximum Gasteiger partial charge on any atom is 0.281 e. The van der Waals surface area contributed by atoms with Gasteiger partial charge in [0, 0.05) is 7.05 Å². The molecule has 1 aliphatic heterocycles. The Morgan fingerprint density at radius 2 is 1.88 bits per heavy atom. The first-order valence-corrected chi connectivity index (χ1v) is 8.45. The third kappa shape index (κ3) is 2.95. The molecule has 0 bridgehead atoms. The average molecular weight is 403 g/mol. The molecule has 122 valence electrons. The van der Waals surface area contributed by atoms with Crippen LogP contribution >= 0.6 is 28.1 Å². The van der Waals surface area contributed by atoms with Gasteiger partial charge in [0.1, 0.15) is 11.4 Å². The highest BCUT2D eigenvalue weighted by molar-refractivity contribution is 9.10. The van der Waals surface area contributed by atoms with Crippen LogP contribution in [0.2, 0.25) is 0 Å². The number of halogens is 1. The van der Waals surface area contributed by atoms with Crippen molar-refractivity contribution < 1.29 is 9.53 Å². The van der Waals surface area contributed by atoms with Gasteiger partial charge in [-0.05, 0) is 64.1 Å². The number of methoxy groups -OCH3 is 1. The minimum atomic E-state index is -0.138. The lowest BCUT2D eigenvalue weighted by molar-refractivity contribution is -0.114. The molecule has 0 aliphatic carbocycles. The van der Waals surface area contributed by atoms with E-state index in [-0.39, 0.29) is 5.91 Å². The van der Waals surface area contributed by atoms with Gasteiger partial charge in [-0.1, -0.05) is 24.3 Å². The van der Waals surface area contributed by atoms with Crippen LogP contribution in [0.4, 0.5) is 5.69 Å². The first-order chi connectivity index (χ1) is 11.5. The highest BCUT2D eigenvalue weighted by atomic mass is 79.9. The monoisotopic (exact) mass is 402 g/mol. The van der Waals surface area contributed by atoms with Gasteiger partial charge >= 0.3 is 0 Å². The third-order valence-electron chi connectivity index (χ3n) is 3.76. The van der Waals surface area contributed by atoms with Crippen molar-refractivity contribution in [1.82, 2.24) is 4.90 Å². The zero-order valence-corrected chi connectivity index (χ0v) is 15.6. The minimum absolute atomic E-state index is 0.138. The second-order valence-corrected chi connectivity index (χ2v) is 6.46. The van der Waals surface area contributed by atoms with Crippen molar-refractivity contribution in [2.45, 2.75) is 0 Å². The first-order valence-electron chi connectivity index (χ1n) is 7.25. The van der Waals surface area contributed by atoms with E-state index >= 15 is 0 Å². The number of amides is 1. The fourth-order valence-electron chi connectivity index (χ4n) is 2.49. The number of hydrogen-bond donors (Lipinski definition) is 0. The van der Waals surface area contributed by atoms with Crippen molar-refractivity contribution >= 4 is 50.9 Å². The molecule has 0 atom stereocenters. The zero-order valence-electron chi connectivity index (χ0n) is 13.2. The summed E-state index contributed by atoms with van der Waals surface area (Å²) in [5.41, 5.74) is 2.18. The van der Waals surface area contributed by atoms with E-state index in [1.807, 2.05) is 54.6 Å². The quantitative estimate of drug-likeness (QED) is 0.572. The van der Waals surface area contributed by atoms with Gasteiger partial charge in [0.05, 0.1) is 17.3 Å². The second-order valence-electron chi connectivity index (χ2n) is 5.24. The Balaban J connectivity index is 1.98. The summed E-state index contributed by atoms with van der Waals surface area (Å²) < 4.78 is 6.06. The molecule has 0 saturated carbocycles. The third-order valence-corrected chi connectivity index (χ3v) is 4.83. The van der Waals surface area contributed by atoms with Gasteiger partial charge in [0.15, 0.2) is 5.11 Å². The number of carbonyl (C=O) groups excluding carboxylic acids is 1. The summed E-state index contributed by atoms with van der Waals surface area (Å²) in [6.07, 6.45) is 1.82. The highest BCUT2D eigenvalue weighted by Gasteiger charge is 2.36. The molecule has 4 nitrogen and oxygen atoms in total. The average Bonchev–Trinajstić information content (AvgIpc) is 2.79. The van der Waals surface area contributed by atoms with Gasteiger partial charge in [-0.25, -0.2) is 0 Å². The Morgan fingerprint density at radius 1 is 1.17 bits per heavy atom. The lowest BCUT2D eigenvalue weighted by Gasteiger charge is -2.16. The van der Waals surface area contributed by atoms with Crippen molar-refractivity contribution in [3.05, 3.63) is 64.3 Å².